The normalized spacial score (nSPS) is 11.3. The molecule has 0 radical (unpaired) electrons. The lowest BCUT2D eigenvalue weighted by atomic mass is 9.89. The summed E-state index contributed by atoms with van der Waals surface area (Å²) in [6.07, 6.45) is 5.13. The Morgan fingerprint density at radius 2 is 1.05 bits per heavy atom. The Labute approximate surface area is 260 Å². The number of benzene rings is 4. The molecule has 0 unspecified atom stereocenters. The van der Waals surface area contributed by atoms with Crippen molar-refractivity contribution in [3.8, 4) is 22.4 Å². The Bertz CT molecular complexity index is 1990. The van der Waals surface area contributed by atoms with Crippen molar-refractivity contribution in [3.63, 3.8) is 0 Å². The van der Waals surface area contributed by atoms with Crippen LogP contribution in [0.2, 0.25) is 0 Å². The van der Waals surface area contributed by atoms with E-state index >= 15 is 0 Å². The Kier molecular flexibility index (Phi) is 7.50. The SMILES string of the molecule is Cc1cc(C)cc(N(c2ccc(-c3c(C)cc(C)cc3C)cc2)c2c(C)c(C)c(-c3cnc4nccnc4n3)c(C)c2C)c1. The van der Waals surface area contributed by atoms with Gasteiger partial charge in [0.15, 0.2) is 11.3 Å². The van der Waals surface area contributed by atoms with Crippen molar-refractivity contribution < 1.29 is 0 Å². The Hall–Kier alpha value is -4.90. The van der Waals surface area contributed by atoms with E-state index in [2.05, 4.69) is 137 Å². The molecule has 0 aliphatic heterocycles. The van der Waals surface area contributed by atoms with Crippen LogP contribution in [-0.4, -0.2) is 19.9 Å². The maximum absolute atomic E-state index is 4.87. The summed E-state index contributed by atoms with van der Waals surface area (Å²) in [5.41, 5.74) is 20.2. The van der Waals surface area contributed by atoms with Crippen LogP contribution in [0.15, 0.2) is 73.2 Å². The number of aromatic nitrogens is 4. The molecule has 0 fully saturated rings. The first kappa shape index (κ1) is 29.2. The fourth-order valence-electron chi connectivity index (χ4n) is 6.79. The highest BCUT2D eigenvalue weighted by molar-refractivity contribution is 5.87. The highest BCUT2D eigenvalue weighted by Crippen LogP contribution is 2.45. The number of rotatable bonds is 5. The van der Waals surface area contributed by atoms with E-state index in [0.29, 0.717) is 11.3 Å². The Morgan fingerprint density at radius 3 is 1.64 bits per heavy atom. The maximum atomic E-state index is 4.87. The van der Waals surface area contributed by atoms with Crippen molar-refractivity contribution in [2.24, 2.45) is 0 Å². The number of fused-ring (bicyclic) bond motifs is 1. The second-order valence-corrected chi connectivity index (χ2v) is 12.2. The van der Waals surface area contributed by atoms with Gasteiger partial charge in [-0.05, 0) is 142 Å². The molecule has 4 aromatic carbocycles. The minimum Gasteiger partial charge on any atom is -0.310 e. The molecular formula is C39H39N5. The molecule has 0 aliphatic carbocycles. The van der Waals surface area contributed by atoms with Crippen molar-refractivity contribution >= 4 is 28.4 Å². The third-order valence-corrected chi connectivity index (χ3v) is 8.82. The van der Waals surface area contributed by atoms with Crippen LogP contribution in [0.5, 0.6) is 0 Å². The highest BCUT2D eigenvalue weighted by atomic mass is 15.1. The number of aryl methyl sites for hydroxylation is 5. The summed E-state index contributed by atoms with van der Waals surface area (Å²) < 4.78 is 0. The predicted octanol–water partition coefficient (Wildman–Crippen LogP) is 10.00. The van der Waals surface area contributed by atoms with E-state index in [4.69, 9.17) is 4.98 Å². The average molecular weight is 578 g/mol. The molecule has 5 nitrogen and oxygen atoms in total. The van der Waals surface area contributed by atoms with Crippen molar-refractivity contribution in [1.82, 2.24) is 19.9 Å². The highest BCUT2D eigenvalue weighted by Gasteiger charge is 2.24. The first-order valence-electron chi connectivity index (χ1n) is 15.1. The molecule has 44 heavy (non-hydrogen) atoms. The maximum Gasteiger partial charge on any atom is 0.198 e. The fraction of sp³-hybridized carbons (Fsp3) is 0.231. The van der Waals surface area contributed by atoms with E-state index in [0.717, 1.165) is 22.6 Å². The molecule has 0 spiro atoms. The van der Waals surface area contributed by atoms with Gasteiger partial charge in [-0.3, -0.25) is 0 Å². The summed E-state index contributed by atoms with van der Waals surface area (Å²) in [4.78, 5) is 20.6. The third-order valence-electron chi connectivity index (χ3n) is 8.82. The molecule has 220 valence electrons. The lowest BCUT2D eigenvalue weighted by molar-refractivity contribution is 1.13. The van der Waals surface area contributed by atoms with Gasteiger partial charge in [0.05, 0.1) is 17.6 Å². The quantitative estimate of drug-likeness (QED) is 0.204. The molecule has 0 saturated heterocycles. The van der Waals surface area contributed by atoms with Gasteiger partial charge in [0.25, 0.3) is 0 Å². The molecule has 0 saturated carbocycles. The first-order chi connectivity index (χ1) is 21.0. The van der Waals surface area contributed by atoms with Crippen LogP contribution in [0.25, 0.3) is 33.7 Å². The third kappa shape index (κ3) is 5.13. The molecule has 2 heterocycles. The van der Waals surface area contributed by atoms with Crippen molar-refractivity contribution in [2.75, 3.05) is 4.90 Å². The largest absolute Gasteiger partial charge is 0.310 e. The topological polar surface area (TPSA) is 54.8 Å². The van der Waals surface area contributed by atoms with E-state index in [1.807, 2.05) is 6.20 Å². The number of nitrogens with zero attached hydrogens (tertiary/aromatic N) is 5. The van der Waals surface area contributed by atoms with E-state index in [9.17, 15) is 0 Å². The zero-order valence-corrected chi connectivity index (χ0v) is 27.2. The van der Waals surface area contributed by atoms with Crippen LogP contribution < -0.4 is 4.90 Å². The minimum atomic E-state index is 0.553. The average Bonchev–Trinajstić information content (AvgIpc) is 2.98. The van der Waals surface area contributed by atoms with E-state index in [-0.39, 0.29) is 0 Å². The van der Waals surface area contributed by atoms with Crippen molar-refractivity contribution in [2.45, 2.75) is 62.3 Å². The van der Waals surface area contributed by atoms with Crippen LogP contribution in [0.4, 0.5) is 17.1 Å². The second-order valence-electron chi connectivity index (χ2n) is 12.2. The fourth-order valence-corrected chi connectivity index (χ4v) is 6.79. The smallest absolute Gasteiger partial charge is 0.198 e. The number of anilines is 3. The molecule has 5 heteroatoms. The predicted molar refractivity (Wildman–Crippen MR) is 183 cm³/mol. The minimum absolute atomic E-state index is 0.553. The first-order valence-corrected chi connectivity index (χ1v) is 15.1. The standard InChI is InChI=1S/C39H39N5/c1-22-16-23(2)20-33(19-22)44(32-12-10-31(11-13-32)35-25(4)17-24(3)18-26(35)5)37-29(8)27(6)36(28(7)30(37)9)34-21-42-38-39(43-34)41-15-14-40-38/h10-21H,1-9H3. The number of hydrogen-bond acceptors (Lipinski definition) is 5. The van der Waals surface area contributed by atoms with Crippen LogP contribution in [-0.2, 0) is 0 Å². The Morgan fingerprint density at radius 1 is 0.500 bits per heavy atom. The molecule has 6 rings (SSSR count). The van der Waals surface area contributed by atoms with E-state index in [1.165, 1.54) is 66.9 Å². The van der Waals surface area contributed by atoms with Gasteiger partial charge < -0.3 is 4.90 Å². The van der Waals surface area contributed by atoms with Crippen LogP contribution in [0.1, 0.15) is 50.1 Å². The van der Waals surface area contributed by atoms with Gasteiger partial charge in [0.2, 0.25) is 0 Å². The van der Waals surface area contributed by atoms with Crippen LogP contribution in [0, 0.1) is 62.3 Å². The molecule has 0 atom stereocenters. The van der Waals surface area contributed by atoms with Gasteiger partial charge in [0.1, 0.15) is 0 Å². The number of hydrogen-bond donors (Lipinski definition) is 0. The zero-order chi connectivity index (χ0) is 31.3. The van der Waals surface area contributed by atoms with Crippen molar-refractivity contribution in [1.29, 1.82) is 0 Å². The second kappa shape index (κ2) is 11.3. The summed E-state index contributed by atoms with van der Waals surface area (Å²) >= 11 is 0. The molecule has 0 aliphatic rings. The van der Waals surface area contributed by atoms with Gasteiger partial charge in [0, 0.05) is 29.3 Å². The molecule has 6 aromatic rings. The summed E-state index contributed by atoms with van der Waals surface area (Å²) in [5, 5.41) is 0. The van der Waals surface area contributed by atoms with Crippen LogP contribution in [0.3, 0.4) is 0 Å². The van der Waals surface area contributed by atoms with Gasteiger partial charge in [-0.1, -0.05) is 35.9 Å². The zero-order valence-electron chi connectivity index (χ0n) is 27.2. The van der Waals surface area contributed by atoms with Crippen molar-refractivity contribution in [3.05, 3.63) is 123 Å². The Balaban J connectivity index is 1.55. The molecular weight excluding hydrogens is 538 g/mol. The summed E-state index contributed by atoms with van der Waals surface area (Å²) in [7, 11) is 0. The van der Waals surface area contributed by atoms with E-state index < -0.39 is 0 Å². The van der Waals surface area contributed by atoms with Crippen LogP contribution >= 0.6 is 0 Å². The summed E-state index contributed by atoms with van der Waals surface area (Å²) in [6, 6.07) is 20.4. The molecule has 0 bridgehead atoms. The summed E-state index contributed by atoms with van der Waals surface area (Å²) in [5.74, 6) is 0. The monoisotopic (exact) mass is 577 g/mol. The molecule has 2 aromatic heterocycles. The lowest BCUT2D eigenvalue weighted by Gasteiger charge is -2.32. The van der Waals surface area contributed by atoms with Gasteiger partial charge in [-0.15, -0.1) is 0 Å². The molecule has 0 amide bonds. The van der Waals surface area contributed by atoms with Gasteiger partial charge >= 0.3 is 0 Å². The van der Waals surface area contributed by atoms with E-state index in [1.54, 1.807) is 12.4 Å². The lowest BCUT2D eigenvalue weighted by Crippen LogP contribution is -2.15. The van der Waals surface area contributed by atoms with Gasteiger partial charge in [-0.25, -0.2) is 19.9 Å². The van der Waals surface area contributed by atoms with Gasteiger partial charge in [-0.2, -0.15) is 0 Å². The molecule has 0 N–H and O–H groups in total. The summed E-state index contributed by atoms with van der Waals surface area (Å²) in [6.45, 7) is 19.7.